The molecule has 128 valence electrons. The third-order valence-corrected chi connectivity index (χ3v) is 4.23. The van der Waals surface area contributed by atoms with Gasteiger partial charge in [-0.3, -0.25) is 9.59 Å². The molecule has 1 aromatic rings. The summed E-state index contributed by atoms with van der Waals surface area (Å²) in [6, 6.07) is 8.72. The van der Waals surface area contributed by atoms with Crippen LogP contribution in [0.25, 0.3) is 0 Å². The van der Waals surface area contributed by atoms with Gasteiger partial charge in [0.1, 0.15) is 6.04 Å². The van der Waals surface area contributed by atoms with Crippen LogP contribution in [0, 0.1) is 0 Å². The minimum atomic E-state index is -0.620. The number of nitrogens with zero attached hydrogens (tertiary/aromatic N) is 1. The van der Waals surface area contributed by atoms with Gasteiger partial charge >= 0.3 is 0 Å². The van der Waals surface area contributed by atoms with Crippen molar-refractivity contribution < 1.29 is 9.59 Å². The number of hydrogen-bond acceptors (Lipinski definition) is 4. The molecule has 0 saturated heterocycles. The second-order valence-electron chi connectivity index (χ2n) is 5.72. The summed E-state index contributed by atoms with van der Waals surface area (Å²) >= 11 is 3.90. The highest BCUT2D eigenvalue weighted by molar-refractivity contribution is 7.96. The Morgan fingerprint density at radius 1 is 1.17 bits per heavy atom. The molecule has 0 aliphatic heterocycles. The van der Waals surface area contributed by atoms with Crippen LogP contribution in [0.2, 0.25) is 0 Å². The molecule has 23 heavy (non-hydrogen) atoms. The maximum Gasteiger partial charge on any atom is 0.239 e. The summed E-state index contributed by atoms with van der Waals surface area (Å²) in [4.78, 5) is 25.5. The van der Waals surface area contributed by atoms with Crippen LogP contribution in [0.15, 0.2) is 30.3 Å². The number of hydrogen-bond donors (Lipinski definition) is 3. The van der Waals surface area contributed by atoms with Crippen LogP contribution in [0.5, 0.6) is 0 Å². The van der Waals surface area contributed by atoms with Crippen molar-refractivity contribution in [2.24, 2.45) is 11.5 Å². The van der Waals surface area contributed by atoms with E-state index >= 15 is 0 Å². The van der Waals surface area contributed by atoms with Gasteiger partial charge in [-0.05, 0) is 44.2 Å². The number of carbonyl (C=O) groups is 2. The van der Waals surface area contributed by atoms with Gasteiger partial charge in [-0.15, -0.1) is 12.6 Å². The van der Waals surface area contributed by atoms with E-state index < -0.39 is 12.1 Å². The molecule has 0 aliphatic carbocycles. The van der Waals surface area contributed by atoms with Crippen molar-refractivity contribution in [1.29, 1.82) is 0 Å². The van der Waals surface area contributed by atoms with Crippen molar-refractivity contribution in [3.63, 3.8) is 0 Å². The molecule has 6 heteroatoms. The quantitative estimate of drug-likeness (QED) is 0.444. The van der Waals surface area contributed by atoms with E-state index in [0.717, 1.165) is 24.8 Å². The Morgan fingerprint density at radius 2 is 1.83 bits per heavy atom. The predicted molar refractivity (Wildman–Crippen MR) is 96.2 cm³/mol. The number of rotatable bonds is 10. The van der Waals surface area contributed by atoms with Crippen LogP contribution in [0.4, 0.5) is 0 Å². The lowest BCUT2D eigenvalue weighted by molar-refractivity contribution is -0.137. The molecule has 0 bridgehead atoms. The first-order chi connectivity index (χ1) is 11.0. The summed E-state index contributed by atoms with van der Waals surface area (Å²) in [5.74, 6) is -0.221. The fourth-order valence-electron chi connectivity index (χ4n) is 2.47. The van der Waals surface area contributed by atoms with Gasteiger partial charge in [-0.1, -0.05) is 30.3 Å². The molecule has 0 unspecified atom stereocenters. The van der Waals surface area contributed by atoms with Crippen LogP contribution >= 0.6 is 12.6 Å². The first-order valence-electron chi connectivity index (χ1n) is 7.96. The lowest BCUT2D eigenvalue weighted by Crippen LogP contribution is -2.48. The van der Waals surface area contributed by atoms with E-state index in [9.17, 15) is 9.59 Å². The molecule has 0 spiro atoms. The van der Waals surface area contributed by atoms with E-state index in [4.69, 9.17) is 11.5 Å². The van der Waals surface area contributed by atoms with Gasteiger partial charge in [-0.2, -0.15) is 0 Å². The molecule has 0 heterocycles. The van der Waals surface area contributed by atoms with Crippen LogP contribution in [0.1, 0.15) is 31.2 Å². The van der Waals surface area contributed by atoms with Crippen molar-refractivity contribution >= 4 is 23.7 Å². The average molecular weight is 337 g/mol. The summed E-state index contributed by atoms with van der Waals surface area (Å²) in [7, 11) is 1.62. The Kier molecular flexibility index (Phi) is 8.91. The van der Waals surface area contributed by atoms with Gasteiger partial charge in [0.15, 0.2) is 0 Å². The fraction of sp³-hybridized carbons (Fsp3) is 0.529. The van der Waals surface area contributed by atoms with E-state index in [1.165, 1.54) is 4.90 Å². The average Bonchev–Trinajstić information content (AvgIpc) is 2.56. The van der Waals surface area contributed by atoms with Crippen LogP contribution in [-0.2, 0) is 16.0 Å². The van der Waals surface area contributed by atoms with Crippen molar-refractivity contribution in [3.8, 4) is 0 Å². The van der Waals surface area contributed by atoms with Crippen LogP contribution in [-0.4, -0.2) is 41.6 Å². The Morgan fingerprint density at radius 3 is 2.39 bits per heavy atom. The van der Waals surface area contributed by atoms with Crippen molar-refractivity contribution in [1.82, 2.24) is 4.90 Å². The normalized spacial score (nSPS) is 13.4. The Balaban J connectivity index is 2.56. The maximum absolute atomic E-state index is 12.4. The number of likely N-dealkylation sites (N-methyl/N-ethyl adjacent to an activating group) is 1. The van der Waals surface area contributed by atoms with Gasteiger partial charge in [0, 0.05) is 7.05 Å². The zero-order valence-electron chi connectivity index (χ0n) is 13.6. The highest BCUT2D eigenvalue weighted by Crippen LogP contribution is 2.13. The van der Waals surface area contributed by atoms with Crippen molar-refractivity contribution in [3.05, 3.63) is 35.9 Å². The largest absolute Gasteiger partial charge is 0.333 e. The van der Waals surface area contributed by atoms with Gasteiger partial charge in [0.25, 0.3) is 0 Å². The predicted octanol–water partition coefficient (Wildman–Crippen LogP) is 1.36. The Bertz CT molecular complexity index is 496. The number of thiol groups is 1. The molecule has 0 radical (unpaired) electrons. The second kappa shape index (κ2) is 10.4. The highest BCUT2D eigenvalue weighted by atomic mass is 32.1. The molecule has 5 nitrogen and oxygen atoms in total. The Labute approximate surface area is 143 Å². The summed E-state index contributed by atoms with van der Waals surface area (Å²) in [6.07, 6.45) is 3.44. The molecular formula is C17H27N3O2S. The zero-order valence-corrected chi connectivity index (χ0v) is 14.5. The second-order valence-corrected chi connectivity index (χ2v) is 6.16. The van der Waals surface area contributed by atoms with E-state index in [1.807, 2.05) is 30.3 Å². The lowest BCUT2D eigenvalue weighted by atomic mass is 10.0. The minimum absolute atomic E-state index is 0.221. The zero-order chi connectivity index (χ0) is 17.2. The number of aryl methyl sites for hydroxylation is 1. The third kappa shape index (κ3) is 6.72. The smallest absolute Gasteiger partial charge is 0.239 e. The molecule has 1 amide bonds. The summed E-state index contributed by atoms with van der Waals surface area (Å²) < 4.78 is 0. The number of unbranched alkanes of at least 4 members (excludes halogenated alkanes) is 1. The topological polar surface area (TPSA) is 89.4 Å². The van der Waals surface area contributed by atoms with Crippen LogP contribution in [0.3, 0.4) is 0 Å². The van der Waals surface area contributed by atoms with E-state index in [-0.39, 0.29) is 11.0 Å². The Hall–Kier alpha value is -1.37. The number of carbonyl (C=O) groups excluding carboxylic acids is 2. The molecule has 0 fully saturated rings. The molecule has 1 rings (SSSR count). The monoisotopic (exact) mass is 337 g/mol. The number of benzene rings is 1. The highest BCUT2D eigenvalue weighted by Gasteiger charge is 2.27. The van der Waals surface area contributed by atoms with E-state index in [0.29, 0.717) is 19.4 Å². The van der Waals surface area contributed by atoms with Gasteiger partial charge < -0.3 is 16.4 Å². The lowest BCUT2D eigenvalue weighted by Gasteiger charge is -2.28. The van der Waals surface area contributed by atoms with Gasteiger partial charge in [-0.25, -0.2) is 0 Å². The SMILES string of the molecule is CN(C(=O)[C@@H](N)CCc1ccccc1)[C@@H](CCCCN)C(=O)S. The number of nitrogens with two attached hydrogens (primary N) is 2. The standard InChI is InChI=1S/C17H27N3O2S/c1-20(15(17(22)23)9-5-6-12-18)16(21)14(19)11-10-13-7-3-2-4-8-13/h2-4,7-8,14-15H,5-6,9-12,18-19H2,1H3,(H,22,23)/t14-,15-/m0/s1. The maximum atomic E-state index is 12.4. The fourth-order valence-corrected chi connectivity index (χ4v) is 2.77. The molecular weight excluding hydrogens is 310 g/mol. The summed E-state index contributed by atoms with van der Waals surface area (Å²) in [5, 5.41) is -0.312. The van der Waals surface area contributed by atoms with Crippen LogP contribution < -0.4 is 11.5 Å². The van der Waals surface area contributed by atoms with E-state index in [1.54, 1.807) is 7.05 Å². The molecule has 2 atom stereocenters. The molecule has 4 N–H and O–H groups in total. The first kappa shape index (κ1) is 19.7. The van der Waals surface area contributed by atoms with Crippen molar-refractivity contribution in [2.75, 3.05) is 13.6 Å². The molecule has 0 saturated carbocycles. The van der Waals surface area contributed by atoms with Gasteiger partial charge in [0.05, 0.1) is 6.04 Å². The summed E-state index contributed by atoms with van der Waals surface area (Å²) in [5.41, 5.74) is 12.6. The van der Waals surface area contributed by atoms with Crippen molar-refractivity contribution in [2.45, 2.75) is 44.2 Å². The molecule has 0 aliphatic rings. The van der Waals surface area contributed by atoms with E-state index in [2.05, 4.69) is 12.6 Å². The minimum Gasteiger partial charge on any atom is -0.333 e. The van der Waals surface area contributed by atoms with Gasteiger partial charge in [0.2, 0.25) is 11.0 Å². The number of amides is 1. The first-order valence-corrected chi connectivity index (χ1v) is 8.41. The molecule has 0 aromatic heterocycles. The molecule has 1 aromatic carbocycles. The third-order valence-electron chi connectivity index (χ3n) is 3.94. The summed E-state index contributed by atoms with van der Waals surface area (Å²) in [6.45, 7) is 0.571.